The minimum Gasteiger partial charge on any atom is -0.416 e. The van der Waals surface area contributed by atoms with Crippen LogP contribution >= 0.6 is 24.4 Å². The maximum absolute atomic E-state index is 5.40. The van der Waals surface area contributed by atoms with E-state index in [0.717, 1.165) is 11.5 Å². The molecule has 1 rings (SSSR count). The summed E-state index contributed by atoms with van der Waals surface area (Å²) in [5, 5.41) is 8.55. The highest BCUT2D eigenvalue weighted by atomic mass is 32.2. The van der Waals surface area contributed by atoms with Gasteiger partial charge in [0.1, 0.15) is 0 Å². The topological polar surface area (TPSA) is 38.9 Å². The van der Waals surface area contributed by atoms with Crippen LogP contribution in [0.1, 0.15) is 45.4 Å². The molecule has 5 heteroatoms. The summed E-state index contributed by atoms with van der Waals surface area (Å²) < 4.78 is 5.40. The molecular formula is C12H22N2OS2. The van der Waals surface area contributed by atoms with Gasteiger partial charge in [-0.25, -0.2) is 0 Å². The van der Waals surface area contributed by atoms with Gasteiger partial charge in [-0.2, -0.15) is 12.6 Å². The van der Waals surface area contributed by atoms with E-state index in [1.807, 2.05) is 6.92 Å². The minimum absolute atomic E-state index is 0.305. The Morgan fingerprint density at radius 2 is 1.88 bits per heavy atom. The molecule has 0 spiro atoms. The number of nitrogens with zero attached hydrogens (tertiary/aromatic N) is 2. The van der Waals surface area contributed by atoms with E-state index in [4.69, 9.17) is 4.42 Å². The predicted octanol–water partition coefficient (Wildman–Crippen LogP) is 3.99. The molecule has 0 radical (unpaired) electrons. The second-order valence-electron chi connectivity index (χ2n) is 4.53. The fraction of sp³-hybridized carbons (Fsp3) is 0.833. The number of hydrogen-bond acceptors (Lipinski definition) is 5. The summed E-state index contributed by atoms with van der Waals surface area (Å²) in [7, 11) is 0. The third-order valence-electron chi connectivity index (χ3n) is 2.91. The Labute approximate surface area is 114 Å². The molecule has 0 N–H and O–H groups in total. The van der Waals surface area contributed by atoms with Gasteiger partial charge in [-0.3, -0.25) is 0 Å². The zero-order valence-corrected chi connectivity index (χ0v) is 12.6. The second kappa shape index (κ2) is 7.31. The normalized spacial score (nSPS) is 12.0. The van der Waals surface area contributed by atoms with Gasteiger partial charge in [0, 0.05) is 12.7 Å². The zero-order valence-electron chi connectivity index (χ0n) is 10.9. The maximum atomic E-state index is 5.40. The molecule has 1 aromatic heterocycles. The van der Waals surface area contributed by atoms with Crippen LogP contribution in [0.4, 0.5) is 0 Å². The standard InChI is InChI=1S/C12H22N2OS2/c1-4-6-12(8-16,7-5-2)9-17-11-14-13-10(3)15-11/h16H,4-9H2,1-3H3. The van der Waals surface area contributed by atoms with Gasteiger partial charge in [-0.1, -0.05) is 38.5 Å². The molecular weight excluding hydrogens is 252 g/mol. The molecule has 0 atom stereocenters. The largest absolute Gasteiger partial charge is 0.416 e. The first kappa shape index (κ1) is 14.9. The van der Waals surface area contributed by atoms with Crippen LogP contribution in [0.2, 0.25) is 0 Å². The summed E-state index contributed by atoms with van der Waals surface area (Å²) in [5.74, 6) is 2.57. The molecule has 0 bridgehead atoms. The second-order valence-corrected chi connectivity index (χ2v) is 5.78. The molecule has 1 aromatic rings. The van der Waals surface area contributed by atoms with Gasteiger partial charge in [-0.05, 0) is 24.0 Å². The molecule has 0 aliphatic heterocycles. The smallest absolute Gasteiger partial charge is 0.276 e. The van der Waals surface area contributed by atoms with Crippen molar-refractivity contribution < 1.29 is 4.42 Å². The summed E-state index contributed by atoms with van der Waals surface area (Å²) in [6, 6.07) is 0. The number of thiol groups is 1. The van der Waals surface area contributed by atoms with Crippen molar-refractivity contribution in [2.75, 3.05) is 11.5 Å². The first-order valence-corrected chi connectivity index (χ1v) is 7.81. The average molecular weight is 274 g/mol. The van der Waals surface area contributed by atoms with E-state index < -0.39 is 0 Å². The van der Waals surface area contributed by atoms with Crippen LogP contribution in [0.15, 0.2) is 9.64 Å². The van der Waals surface area contributed by atoms with E-state index in [2.05, 4.69) is 36.7 Å². The Balaban J connectivity index is 2.59. The highest BCUT2D eigenvalue weighted by Gasteiger charge is 2.27. The lowest BCUT2D eigenvalue weighted by Gasteiger charge is -2.31. The molecule has 17 heavy (non-hydrogen) atoms. The highest BCUT2D eigenvalue weighted by Crippen LogP contribution is 2.36. The maximum Gasteiger partial charge on any atom is 0.276 e. The van der Waals surface area contributed by atoms with Gasteiger partial charge in [0.25, 0.3) is 5.22 Å². The summed E-state index contributed by atoms with van der Waals surface area (Å²) in [4.78, 5) is 0. The zero-order chi connectivity index (χ0) is 12.7. The van der Waals surface area contributed by atoms with Crippen molar-refractivity contribution in [1.82, 2.24) is 10.2 Å². The first-order valence-electron chi connectivity index (χ1n) is 6.19. The highest BCUT2D eigenvalue weighted by molar-refractivity contribution is 7.99. The Kier molecular flexibility index (Phi) is 6.41. The lowest BCUT2D eigenvalue weighted by Crippen LogP contribution is -2.25. The van der Waals surface area contributed by atoms with Crippen molar-refractivity contribution in [3.8, 4) is 0 Å². The van der Waals surface area contributed by atoms with Gasteiger partial charge in [-0.15, -0.1) is 10.2 Å². The molecule has 3 nitrogen and oxygen atoms in total. The van der Waals surface area contributed by atoms with Gasteiger partial charge < -0.3 is 4.42 Å². The molecule has 0 saturated heterocycles. The number of aryl methyl sites for hydroxylation is 1. The Morgan fingerprint density at radius 3 is 2.29 bits per heavy atom. The average Bonchev–Trinajstić information content (AvgIpc) is 2.73. The van der Waals surface area contributed by atoms with Crippen molar-refractivity contribution in [2.45, 2.75) is 51.7 Å². The third-order valence-corrected chi connectivity index (χ3v) is 4.74. The van der Waals surface area contributed by atoms with Crippen LogP contribution in [0.3, 0.4) is 0 Å². The van der Waals surface area contributed by atoms with Crippen molar-refractivity contribution in [3.05, 3.63) is 5.89 Å². The lowest BCUT2D eigenvalue weighted by atomic mass is 9.83. The minimum atomic E-state index is 0.305. The summed E-state index contributed by atoms with van der Waals surface area (Å²) in [6.07, 6.45) is 4.82. The van der Waals surface area contributed by atoms with E-state index in [-0.39, 0.29) is 0 Å². The Morgan fingerprint density at radius 1 is 1.24 bits per heavy atom. The molecule has 0 unspecified atom stereocenters. The van der Waals surface area contributed by atoms with Crippen LogP contribution in [-0.2, 0) is 0 Å². The number of rotatable bonds is 8. The van der Waals surface area contributed by atoms with E-state index in [1.54, 1.807) is 11.8 Å². The number of hydrogen-bond donors (Lipinski definition) is 1. The van der Waals surface area contributed by atoms with Gasteiger partial charge in [0.2, 0.25) is 5.89 Å². The van der Waals surface area contributed by atoms with Crippen molar-refractivity contribution in [2.24, 2.45) is 5.41 Å². The summed E-state index contributed by atoms with van der Waals surface area (Å²) >= 11 is 6.20. The third kappa shape index (κ3) is 4.54. The molecule has 0 amide bonds. The first-order chi connectivity index (χ1) is 8.15. The lowest BCUT2D eigenvalue weighted by molar-refractivity contribution is 0.316. The Hall–Kier alpha value is -0.160. The van der Waals surface area contributed by atoms with Gasteiger partial charge in [0.05, 0.1) is 0 Å². The molecule has 0 aliphatic rings. The molecule has 0 fully saturated rings. The molecule has 1 heterocycles. The van der Waals surface area contributed by atoms with Crippen LogP contribution in [0, 0.1) is 12.3 Å². The van der Waals surface area contributed by atoms with E-state index in [0.29, 0.717) is 16.5 Å². The fourth-order valence-corrected chi connectivity index (χ4v) is 3.76. The number of thioether (sulfide) groups is 1. The van der Waals surface area contributed by atoms with E-state index >= 15 is 0 Å². The van der Waals surface area contributed by atoms with Crippen LogP contribution in [-0.4, -0.2) is 21.7 Å². The molecule has 0 aromatic carbocycles. The molecule has 0 aliphatic carbocycles. The molecule has 0 saturated carbocycles. The SMILES string of the molecule is CCCC(CS)(CCC)CSc1nnc(C)o1. The number of aromatic nitrogens is 2. The summed E-state index contributed by atoms with van der Waals surface area (Å²) in [6.45, 7) is 6.28. The van der Waals surface area contributed by atoms with Gasteiger partial charge in [0.15, 0.2) is 0 Å². The van der Waals surface area contributed by atoms with Crippen LogP contribution < -0.4 is 0 Å². The predicted molar refractivity (Wildman–Crippen MR) is 75.9 cm³/mol. The van der Waals surface area contributed by atoms with E-state index in [9.17, 15) is 0 Å². The summed E-state index contributed by atoms with van der Waals surface area (Å²) in [5.41, 5.74) is 0.305. The van der Waals surface area contributed by atoms with Gasteiger partial charge >= 0.3 is 0 Å². The van der Waals surface area contributed by atoms with Crippen LogP contribution in [0.25, 0.3) is 0 Å². The van der Waals surface area contributed by atoms with E-state index in [1.165, 1.54) is 25.7 Å². The van der Waals surface area contributed by atoms with Crippen LogP contribution in [0.5, 0.6) is 0 Å². The monoisotopic (exact) mass is 274 g/mol. The molecule has 98 valence electrons. The quantitative estimate of drug-likeness (QED) is 0.575. The van der Waals surface area contributed by atoms with Crippen molar-refractivity contribution in [3.63, 3.8) is 0 Å². The Bertz CT molecular complexity index is 322. The van der Waals surface area contributed by atoms with Crippen molar-refractivity contribution in [1.29, 1.82) is 0 Å². The van der Waals surface area contributed by atoms with Crippen molar-refractivity contribution >= 4 is 24.4 Å². The fourth-order valence-electron chi connectivity index (χ4n) is 2.09.